The van der Waals surface area contributed by atoms with E-state index in [1.54, 1.807) is 6.07 Å². The second-order valence-corrected chi connectivity index (χ2v) is 4.88. The highest BCUT2D eigenvalue weighted by Crippen LogP contribution is 2.30. The highest BCUT2D eigenvalue weighted by atomic mass is 127. The second kappa shape index (κ2) is 6.42. The molecule has 0 saturated carbocycles. The van der Waals surface area contributed by atoms with E-state index >= 15 is 0 Å². The third-order valence-corrected chi connectivity index (χ3v) is 3.14. The lowest BCUT2D eigenvalue weighted by molar-refractivity contribution is 0.0601. The van der Waals surface area contributed by atoms with Crippen LogP contribution in [-0.4, -0.2) is 24.8 Å². The number of aliphatic imine (C=N–C) groups is 1. The first kappa shape index (κ1) is 14.5. The number of halogens is 3. The Hall–Kier alpha value is -0.530. The Balaban J connectivity index is 3.40. The molecule has 0 fully saturated rings. The highest BCUT2D eigenvalue weighted by molar-refractivity contribution is 14.1. The molecule has 92 valence electrons. The number of methoxy groups -OCH3 is 1. The Kier molecular flexibility index (Phi) is 5.48. The normalized spacial score (nSPS) is 11.4. The molecule has 0 amide bonds. The minimum atomic E-state index is -0.522. The fourth-order valence-corrected chi connectivity index (χ4v) is 2.33. The van der Waals surface area contributed by atoms with Crippen LogP contribution in [0.3, 0.4) is 0 Å². The molecule has 0 saturated heterocycles. The molecule has 7 heteroatoms. The number of nitrogens with two attached hydrogens (primary N) is 1. The zero-order valence-corrected chi connectivity index (χ0v) is 12.5. The van der Waals surface area contributed by atoms with Gasteiger partial charge in [0.15, 0.2) is 0 Å². The monoisotopic (exact) mass is 386 g/mol. The first-order valence-electron chi connectivity index (χ1n) is 4.46. The van der Waals surface area contributed by atoms with Crippen LogP contribution in [-0.2, 0) is 4.74 Å². The lowest BCUT2D eigenvalue weighted by Gasteiger charge is -2.07. The maximum Gasteiger partial charge on any atom is 0.340 e. The Bertz CT molecular complexity index is 478. The molecule has 0 aliphatic carbocycles. The fraction of sp³-hybridized carbons (Fsp3) is 0.200. The Morgan fingerprint density at radius 1 is 1.59 bits per heavy atom. The summed E-state index contributed by atoms with van der Waals surface area (Å²) in [6.07, 6.45) is 0. The second-order valence-electron chi connectivity index (χ2n) is 3.01. The van der Waals surface area contributed by atoms with Gasteiger partial charge in [-0.05, 0) is 34.7 Å². The molecule has 2 N–H and O–H groups in total. The van der Waals surface area contributed by atoms with Crippen LogP contribution in [0.15, 0.2) is 17.1 Å². The van der Waals surface area contributed by atoms with Crippen LogP contribution in [0.25, 0.3) is 0 Å². The number of carbonyl (C=O) groups excluding carboxylic acids is 1. The molecule has 0 unspecified atom stereocenters. The van der Waals surface area contributed by atoms with Crippen molar-refractivity contribution in [1.82, 2.24) is 0 Å². The van der Waals surface area contributed by atoms with E-state index in [1.807, 2.05) is 22.6 Å². The van der Waals surface area contributed by atoms with E-state index in [1.165, 1.54) is 13.2 Å². The fourth-order valence-electron chi connectivity index (χ4n) is 1.12. The van der Waals surface area contributed by atoms with E-state index in [-0.39, 0.29) is 17.3 Å². The van der Waals surface area contributed by atoms with Crippen molar-refractivity contribution in [3.8, 4) is 0 Å². The van der Waals surface area contributed by atoms with Crippen LogP contribution < -0.4 is 5.73 Å². The molecule has 0 aliphatic heterocycles. The summed E-state index contributed by atoms with van der Waals surface area (Å²) >= 11 is 13.4. The molecule has 0 heterocycles. The van der Waals surface area contributed by atoms with Gasteiger partial charge < -0.3 is 10.5 Å². The number of alkyl halides is 1. The first-order valence-corrected chi connectivity index (χ1v) is 6.45. The standard InChI is InChI=1S/C10H9Cl2IN2O2/c1-17-10(16)6-2-5(12)3-7(13)9(6)15-8(14)4-11/h2-3H,4H2,1H3,(H2,14,15). The molecule has 17 heavy (non-hydrogen) atoms. The predicted molar refractivity (Wildman–Crippen MR) is 77.5 cm³/mol. The molecule has 1 aromatic rings. The maximum absolute atomic E-state index is 11.6. The number of carbonyl (C=O) groups is 1. The number of hydrogen-bond donors (Lipinski definition) is 1. The molecule has 1 aromatic carbocycles. The smallest absolute Gasteiger partial charge is 0.340 e. The number of benzene rings is 1. The molecular formula is C10H9Cl2IN2O2. The van der Waals surface area contributed by atoms with Crippen LogP contribution in [0.1, 0.15) is 10.4 Å². The quantitative estimate of drug-likeness (QED) is 0.285. The van der Waals surface area contributed by atoms with Crippen molar-refractivity contribution in [2.75, 3.05) is 13.0 Å². The van der Waals surface area contributed by atoms with Gasteiger partial charge in [0.05, 0.1) is 24.2 Å². The van der Waals surface area contributed by atoms with Gasteiger partial charge in [0.1, 0.15) is 5.84 Å². The molecule has 1 rings (SSSR count). The molecule has 0 bridgehead atoms. The van der Waals surface area contributed by atoms with Gasteiger partial charge in [-0.2, -0.15) is 0 Å². The summed E-state index contributed by atoms with van der Waals surface area (Å²) in [5, 5.41) is 0.429. The summed E-state index contributed by atoms with van der Waals surface area (Å²) < 4.78 is 5.36. The topological polar surface area (TPSA) is 64.7 Å². The van der Waals surface area contributed by atoms with Crippen LogP contribution in [0.5, 0.6) is 0 Å². The molecule has 0 aliphatic rings. The average Bonchev–Trinajstić information content (AvgIpc) is 2.30. The summed E-state index contributed by atoms with van der Waals surface area (Å²) in [6.45, 7) is 0. The molecule has 0 aromatic heterocycles. The zero-order valence-electron chi connectivity index (χ0n) is 8.84. The van der Waals surface area contributed by atoms with Crippen LogP contribution in [0.2, 0.25) is 5.02 Å². The number of amidine groups is 1. The van der Waals surface area contributed by atoms with E-state index < -0.39 is 5.97 Å². The zero-order chi connectivity index (χ0) is 13.0. The summed E-state index contributed by atoms with van der Waals surface area (Å²) in [4.78, 5) is 15.7. The van der Waals surface area contributed by atoms with E-state index in [0.717, 1.165) is 0 Å². The molecule has 0 radical (unpaired) electrons. The van der Waals surface area contributed by atoms with Crippen LogP contribution in [0.4, 0.5) is 5.69 Å². The third kappa shape index (κ3) is 3.72. The van der Waals surface area contributed by atoms with Gasteiger partial charge in [0.25, 0.3) is 0 Å². The van der Waals surface area contributed by atoms with Crippen LogP contribution >= 0.6 is 45.8 Å². The van der Waals surface area contributed by atoms with E-state index in [0.29, 0.717) is 14.3 Å². The predicted octanol–water partition coefficient (Wildman–Crippen LogP) is 2.96. The third-order valence-electron chi connectivity index (χ3n) is 1.83. The van der Waals surface area contributed by atoms with E-state index in [9.17, 15) is 4.79 Å². The Labute approximate surface area is 122 Å². The van der Waals surface area contributed by atoms with Gasteiger partial charge in [-0.3, -0.25) is 0 Å². The lowest BCUT2D eigenvalue weighted by atomic mass is 10.2. The lowest BCUT2D eigenvalue weighted by Crippen LogP contribution is -2.13. The van der Waals surface area contributed by atoms with Gasteiger partial charge in [-0.15, -0.1) is 11.6 Å². The van der Waals surface area contributed by atoms with Gasteiger partial charge in [0.2, 0.25) is 0 Å². The molecule has 0 atom stereocenters. The van der Waals surface area contributed by atoms with Crippen molar-refractivity contribution in [1.29, 1.82) is 0 Å². The van der Waals surface area contributed by atoms with Gasteiger partial charge in [-0.1, -0.05) is 11.6 Å². The SMILES string of the molecule is COC(=O)c1cc(Cl)cc(I)c1N=C(N)CCl. The first-order chi connectivity index (χ1) is 7.99. The Morgan fingerprint density at radius 3 is 2.76 bits per heavy atom. The maximum atomic E-state index is 11.6. The number of ether oxygens (including phenoxy) is 1. The van der Waals surface area contributed by atoms with Crippen molar-refractivity contribution >= 4 is 63.3 Å². The number of esters is 1. The van der Waals surface area contributed by atoms with Crippen molar-refractivity contribution < 1.29 is 9.53 Å². The summed E-state index contributed by atoms with van der Waals surface area (Å²) in [7, 11) is 1.29. The minimum Gasteiger partial charge on any atom is -0.465 e. The average molecular weight is 387 g/mol. The van der Waals surface area contributed by atoms with Gasteiger partial charge >= 0.3 is 5.97 Å². The number of nitrogens with zero attached hydrogens (tertiary/aromatic N) is 1. The number of hydrogen-bond acceptors (Lipinski definition) is 3. The van der Waals surface area contributed by atoms with Crippen molar-refractivity contribution in [3.63, 3.8) is 0 Å². The van der Waals surface area contributed by atoms with Crippen molar-refractivity contribution in [2.45, 2.75) is 0 Å². The number of rotatable bonds is 3. The summed E-state index contributed by atoms with van der Waals surface area (Å²) in [6, 6.07) is 3.16. The molecular weight excluding hydrogens is 378 g/mol. The molecule has 4 nitrogen and oxygen atoms in total. The van der Waals surface area contributed by atoms with E-state index in [4.69, 9.17) is 28.9 Å². The largest absolute Gasteiger partial charge is 0.465 e. The van der Waals surface area contributed by atoms with Gasteiger partial charge in [-0.25, -0.2) is 9.79 Å². The Morgan fingerprint density at radius 2 is 2.24 bits per heavy atom. The van der Waals surface area contributed by atoms with Crippen LogP contribution in [0, 0.1) is 3.57 Å². The highest BCUT2D eigenvalue weighted by Gasteiger charge is 2.16. The summed E-state index contributed by atoms with van der Waals surface area (Å²) in [5.74, 6) is -0.220. The van der Waals surface area contributed by atoms with E-state index in [2.05, 4.69) is 9.73 Å². The molecule has 0 spiro atoms. The van der Waals surface area contributed by atoms with Crippen molar-refractivity contribution in [2.24, 2.45) is 10.7 Å². The van der Waals surface area contributed by atoms with Crippen molar-refractivity contribution in [3.05, 3.63) is 26.3 Å². The van der Waals surface area contributed by atoms with Gasteiger partial charge in [0, 0.05) is 8.59 Å². The minimum absolute atomic E-state index is 0.0827. The summed E-state index contributed by atoms with van der Waals surface area (Å²) in [5.41, 5.74) is 6.23.